The van der Waals surface area contributed by atoms with Gasteiger partial charge in [-0.15, -0.1) is 0 Å². The molecule has 80 valence electrons. The number of unbranched alkanes of at least 4 members (excludes halogenated alkanes) is 1. The topological polar surface area (TPSA) is 12.0 Å². The zero-order chi connectivity index (χ0) is 10.2. The van der Waals surface area contributed by atoms with Gasteiger partial charge < -0.3 is 5.32 Å². The van der Waals surface area contributed by atoms with Crippen LogP contribution in [0.25, 0.3) is 0 Å². The Morgan fingerprint density at radius 1 is 1.08 bits per heavy atom. The summed E-state index contributed by atoms with van der Waals surface area (Å²) >= 11 is 2.20. The van der Waals surface area contributed by atoms with Gasteiger partial charge in [0.1, 0.15) is 7.22 Å². The third-order valence-corrected chi connectivity index (χ3v) is 6.31. The van der Waals surface area contributed by atoms with Gasteiger partial charge in [0, 0.05) is 0 Å². The van der Waals surface area contributed by atoms with Crippen LogP contribution in [0.15, 0.2) is 0 Å². The SMILES string of the molecule is CCCCNCCCS[Si](C)(C)C. The summed E-state index contributed by atoms with van der Waals surface area (Å²) in [5.41, 5.74) is 0. The monoisotopic (exact) mass is 219 g/mol. The molecule has 13 heavy (non-hydrogen) atoms. The van der Waals surface area contributed by atoms with Crippen molar-refractivity contribution in [2.24, 2.45) is 0 Å². The van der Waals surface area contributed by atoms with Crippen molar-refractivity contribution in [1.29, 1.82) is 0 Å². The molecule has 3 heteroatoms. The first-order valence-electron chi connectivity index (χ1n) is 5.41. The van der Waals surface area contributed by atoms with Gasteiger partial charge in [0.05, 0.1) is 0 Å². The largest absolute Gasteiger partial charge is 0.317 e. The lowest BCUT2D eigenvalue weighted by atomic mass is 10.3. The minimum absolute atomic E-state index is 0.844. The molecular weight excluding hydrogens is 194 g/mol. The van der Waals surface area contributed by atoms with Crippen LogP contribution in [-0.4, -0.2) is 26.1 Å². The van der Waals surface area contributed by atoms with E-state index < -0.39 is 7.22 Å². The first kappa shape index (κ1) is 13.5. The Bertz CT molecular complexity index is 112. The van der Waals surface area contributed by atoms with Crippen molar-refractivity contribution < 1.29 is 0 Å². The molecule has 0 rings (SSSR count). The Kier molecular flexibility index (Phi) is 8.21. The maximum atomic E-state index is 3.47. The van der Waals surface area contributed by atoms with Crippen molar-refractivity contribution in [2.75, 3.05) is 18.8 Å². The predicted molar refractivity (Wildman–Crippen MR) is 68.2 cm³/mol. The van der Waals surface area contributed by atoms with Gasteiger partial charge in [-0.25, -0.2) is 0 Å². The fraction of sp³-hybridized carbons (Fsp3) is 1.00. The van der Waals surface area contributed by atoms with Crippen molar-refractivity contribution in [3.8, 4) is 0 Å². The van der Waals surface area contributed by atoms with Gasteiger partial charge in [-0.3, -0.25) is 0 Å². The van der Waals surface area contributed by atoms with Gasteiger partial charge >= 0.3 is 0 Å². The molecule has 0 spiro atoms. The molecular formula is C10H25NSSi. The number of hydrogen-bond donors (Lipinski definition) is 1. The predicted octanol–water partition coefficient (Wildman–Crippen LogP) is 3.33. The van der Waals surface area contributed by atoms with Gasteiger partial charge in [0.2, 0.25) is 0 Å². The summed E-state index contributed by atoms with van der Waals surface area (Å²) in [6.07, 6.45) is 3.95. The summed E-state index contributed by atoms with van der Waals surface area (Å²) in [4.78, 5) is 0. The van der Waals surface area contributed by atoms with Crippen LogP contribution in [0.1, 0.15) is 26.2 Å². The molecule has 0 aromatic carbocycles. The molecule has 0 aliphatic carbocycles. The fourth-order valence-corrected chi connectivity index (χ4v) is 4.17. The van der Waals surface area contributed by atoms with E-state index in [4.69, 9.17) is 0 Å². The Morgan fingerprint density at radius 2 is 1.69 bits per heavy atom. The van der Waals surface area contributed by atoms with Crippen LogP contribution < -0.4 is 5.32 Å². The average molecular weight is 219 g/mol. The van der Waals surface area contributed by atoms with Crippen molar-refractivity contribution in [3.63, 3.8) is 0 Å². The van der Waals surface area contributed by atoms with Gasteiger partial charge in [0.15, 0.2) is 0 Å². The minimum atomic E-state index is -0.844. The third kappa shape index (κ3) is 12.5. The molecule has 0 aliphatic rings. The van der Waals surface area contributed by atoms with Gasteiger partial charge in [-0.05, 0) is 31.7 Å². The molecule has 0 amide bonds. The summed E-state index contributed by atoms with van der Waals surface area (Å²) in [5, 5.41) is 3.47. The summed E-state index contributed by atoms with van der Waals surface area (Å²) in [7, 11) is -0.844. The van der Waals surface area contributed by atoms with Crippen molar-refractivity contribution in [3.05, 3.63) is 0 Å². The van der Waals surface area contributed by atoms with E-state index in [1.54, 1.807) is 0 Å². The van der Waals surface area contributed by atoms with Gasteiger partial charge in [-0.2, -0.15) is 11.2 Å². The number of nitrogens with one attached hydrogen (secondary N) is 1. The number of rotatable bonds is 8. The second kappa shape index (κ2) is 7.89. The van der Waals surface area contributed by atoms with E-state index in [2.05, 4.69) is 43.1 Å². The molecule has 0 bridgehead atoms. The molecule has 0 aromatic heterocycles. The summed E-state index contributed by atoms with van der Waals surface area (Å²) in [6.45, 7) is 11.9. The lowest BCUT2D eigenvalue weighted by Crippen LogP contribution is -2.19. The van der Waals surface area contributed by atoms with Crippen molar-refractivity contribution in [2.45, 2.75) is 45.8 Å². The highest BCUT2D eigenvalue weighted by Gasteiger charge is 2.12. The van der Waals surface area contributed by atoms with Crippen LogP contribution in [0, 0.1) is 0 Å². The van der Waals surface area contributed by atoms with E-state index in [0.717, 1.165) is 0 Å². The average Bonchev–Trinajstić information content (AvgIpc) is 2.01. The van der Waals surface area contributed by atoms with Crippen LogP contribution in [0.2, 0.25) is 19.6 Å². The quantitative estimate of drug-likeness (QED) is 0.496. The molecule has 0 radical (unpaired) electrons. The van der Waals surface area contributed by atoms with Crippen LogP contribution in [-0.2, 0) is 0 Å². The van der Waals surface area contributed by atoms with E-state index in [-0.39, 0.29) is 0 Å². The molecule has 0 aromatic rings. The lowest BCUT2D eigenvalue weighted by molar-refractivity contribution is 0.635. The van der Waals surface area contributed by atoms with Crippen molar-refractivity contribution >= 4 is 18.4 Å². The van der Waals surface area contributed by atoms with E-state index in [1.165, 1.54) is 38.1 Å². The Labute approximate surface area is 88.7 Å². The highest BCUT2D eigenvalue weighted by molar-refractivity contribution is 8.28. The molecule has 0 atom stereocenters. The normalized spacial score (nSPS) is 12.0. The van der Waals surface area contributed by atoms with Crippen molar-refractivity contribution in [1.82, 2.24) is 5.32 Å². The fourth-order valence-electron chi connectivity index (χ4n) is 1.00. The van der Waals surface area contributed by atoms with E-state index in [9.17, 15) is 0 Å². The first-order chi connectivity index (χ1) is 6.06. The van der Waals surface area contributed by atoms with Crippen LogP contribution in [0.3, 0.4) is 0 Å². The molecule has 0 saturated heterocycles. The molecule has 0 aliphatic heterocycles. The molecule has 0 saturated carbocycles. The maximum absolute atomic E-state index is 3.47. The maximum Gasteiger partial charge on any atom is 0.108 e. The smallest absolute Gasteiger partial charge is 0.108 e. The second-order valence-corrected chi connectivity index (χ2v) is 13.9. The van der Waals surface area contributed by atoms with Gasteiger partial charge in [-0.1, -0.05) is 33.0 Å². The van der Waals surface area contributed by atoms with E-state index in [1.807, 2.05) is 0 Å². The third-order valence-electron chi connectivity index (χ3n) is 1.74. The zero-order valence-electron chi connectivity index (χ0n) is 9.65. The highest BCUT2D eigenvalue weighted by atomic mass is 32.4. The molecule has 1 N–H and O–H groups in total. The summed E-state index contributed by atoms with van der Waals surface area (Å²) < 4.78 is 0. The summed E-state index contributed by atoms with van der Waals surface area (Å²) in [6, 6.07) is 0. The zero-order valence-corrected chi connectivity index (χ0v) is 11.5. The summed E-state index contributed by atoms with van der Waals surface area (Å²) in [5.74, 6) is 1.34. The van der Waals surface area contributed by atoms with E-state index >= 15 is 0 Å². The highest BCUT2D eigenvalue weighted by Crippen LogP contribution is 2.19. The second-order valence-electron chi connectivity index (χ2n) is 4.42. The Morgan fingerprint density at radius 3 is 2.23 bits per heavy atom. The molecule has 0 heterocycles. The van der Waals surface area contributed by atoms with Crippen LogP contribution in [0.5, 0.6) is 0 Å². The lowest BCUT2D eigenvalue weighted by Gasteiger charge is -2.14. The first-order valence-corrected chi connectivity index (χ1v) is 10.6. The van der Waals surface area contributed by atoms with E-state index in [0.29, 0.717) is 0 Å². The molecule has 0 fully saturated rings. The Balaban J connectivity index is 3.00. The molecule has 0 unspecified atom stereocenters. The van der Waals surface area contributed by atoms with Crippen LogP contribution >= 0.6 is 11.2 Å². The standard InChI is InChI=1S/C10H25NSSi/c1-5-6-8-11-9-7-10-12-13(2,3)4/h11H,5-10H2,1-4H3. The van der Waals surface area contributed by atoms with Crippen LogP contribution in [0.4, 0.5) is 0 Å². The minimum Gasteiger partial charge on any atom is -0.317 e. The molecule has 1 nitrogen and oxygen atoms in total. The Hall–Kier alpha value is 0.527. The number of hydrogen-bond acceptors (Lipinski definition) is 2. The van der Waals surface area contributed by atoms with Gasteiger partial charge in [0.25, 0.3) is 0 Å².